The van der Waals surface area contributed by atoms with Crippen LogP contribution < -0.4 is 10.1 Å². The molecule has 1 amide bonds. The third-order valence-corrected chi connectivity index (χ3v) is 6.59. The van der Waals surface area contributed by atoms with E-state index in [1.807, 2.05) is 24.3 Å². The van der Waals surface area contributed by atoms with Gasteiger partial charge in [-0.25, -0.2) is 0 Å². The van der Waals surface area contributed by atoms with Crippen LogP contribution >= 0.6 is 0 Å². The lowest BCUT2D eigenvalue weighted by atomic mass is 9.87. The van der Waals surface area contributed by atoms with Gasteiger partial charge in [-0.2, -0.15) is 0 Å². The van der Waals surface area contributed by atoms with Gasteiger partial charge in [0.1, 0.15) is 18.1 Å². The minimum atomic E-state index is -0.0214. The Kier molecular flexibility index (Phi) is 8.81. The summed E-state index contributed by atoms with van der Waals surface area (Å²) in [6.45, 7) is 3.95. The molecule has 0 fully saturated rings. The van der Waals surface area contributed by atoms with Crippen molar-refractivity contribution in [3.05, 3.63) is 107 Å². The van der Waals surface area contributed by atoms with E-state index in [0.29, 0.717) is 25.4 Å². The Balaban J connectivity index is 1.50. The normalized spacial score (nSPS) is 13.4. The summed E-state index contributed by atoms with van der Waals surface area (Å²) in [5.41, 5.74) is 8.57. The number of carbonyl (C=O) groups excluding carboxylic acids is 1. The van der Waals surface area contributed by atoms with Crippen molar-refractivity contribution in [2.45, 2.75) is 26.2 Å². The molecule has 3 aromatic carbocycles. The van der Waals surface area contributed by atoms with Crippen molar-refractivity contribution in [2.24, 2.45) is 0 Å². The molecule has 4 rings (SSSR count). The fourth-order valence-corrected chi connectivity index (χ4v) is 4.60. The lowest BCUT2D eigenvalue weighted by Gasteiger charge is -2.17. The number of phenolic OH excluding ortho intramolecular Hbond substituents is 1. The number of benzene rings is 3. The van der Waals surface area contributed by atoms with Gasteiger partial charge in [0.05, 0.1) is 0 Å². The summed E-state index contributed by atoms with van der Waals surface area (Å²) < 4.78 is 5.94. The Hall–Kier alpha value is -3.83. The van der Waals surface area contributed by atoms with Gasteiger partial charge in [-0.15, -0.1) is 0 Å². The second kappa shape index (κ2) is 12.4. The maximum atomic E-state index is 11.5. The largest absolute Gasteiger partial charge is 0.508 e. The van der Waals surface area contributed by atoms with E-state index in [9.17, 15) is 9.90 Å². The first-order valence-electron chi connectivity index (χ1n) is 12.9. The summed E-state index contributed by atoms with van der Waals surface area (Å²) in [4.78, 5) is 13.1. The molecular formula is C32H36N2O3. The van der Waals surface area contributed by atoms with E-state index in [2.05, 4.69) is 54.7 Å². The van der Waals surface area contributed by atoms with Gasteiger partial charge < -0.3 is 20.1 Å². The predicted octanol–water partition coefficient (Wildman–Crippen LogP) is 5.61. The van der Waals surface area contributed by atoms with Crippen molar-refractivity contribution in [3.8, 4) is 11.5 Å². The Bertz CT molecular complexity index is 1270. The molecular weight excluding hydrogens is 460 g/mol. The predicted molar refractivity (Wildman–Crippen MR) is 151 cm³/mol. The van der Waals surface area contributed by atoms with Crippen LogP contribution in [0.1, 0.15) is 40.7 Å². The number of ether oxygens (including phenoxy) is 1. The highest BCUT2D eigenvalue weighted by atomic mass is 16.5. The van der Waals surface area contributed by atoms with E-state index in [4.69, 9.17) is 4.74 Å². The minimum Gasteiger partial charge on any atom is -0.508 e. The molecule has 1 aliphatic carbocycles. The number of carbonyl (C=O) groups is 1. The van der Waals surface area contributed by atoms with E-state index in [-0.39, 0.29) is 5.91 Å². The van der Waals surface area contributed by atoms with Crippen LogP contribution in [0.3, 0.4) is 0 Å². The van der Waals surface area contributed by atoms with Crippen LogP contribution in [0, 0.1) is 6.92 Å². The van der Waals surface area contributed by atoms with E-state index in [0.717, 1.165) is 30.6 Å². The fraction of sp³-hybridized carbons (Fsp3) is 0.281. The number of nitrogens with one attached hydrogen (secondary N) is 1. The van der Waals surface area contributed by atoms with Crippen LogP contribution in [0.2, 0.25) is 0 Å². The summed E-state index contributed by atoms with van der Waals surface area (Å²) in [6, 6.07) is 22.8. The van der Waals surface area contributed by atoms with Crippen molar-refractivity contribution in [1.29, 1.82) is 0 Å². The Morgan fingerprint density at radius 3 is 2.46 bits per heavy atom. The molecule has 0 aromatic heterocycles. The number of rotatable bonds is 9. The number of hydrogen-bond donors (Lipinski definition) is 2. The fourth-order valence-electron chi connectivity index (χ4n) is 4.60. The molecule has 0 radical (unpaired) electrons. The standard InChI is InChI=1S/C32H36N2O3/c1-23-9-11-24(12-10-23)29-7-4-6-26-22-27(35)15-18-30(26)32(29)25-13-16-28(17-14-25)37-21-20-33-19-5-8-31(36)34(2)3/h5,8-18,22,33,35H,4,6-7,19-21H2,1-3H3/b8-5+. The topological polar surface area (TPSA) is 61.8 Å². The highest BCUT2D eigenvalue weighted by Gasteiger charge is 2.20. The van der Waals surface area contributed by atoms with Crippen LogP contribution in [0.15, 0.2) is 78.9 Å². The first-order valence-corrected chi connectivity index (χ1v) is 12.9. The van der Waals surface area contributed by atoms with Crippen LogP contribution in [-0.4, -0.2) is 49.7 Å². The molecule has 3 aromatic rings. The zero-order valence-electron chi connectivity index (χ0n) is 22.0. The number of hydrogen-bond acceptors (Lipinski definition) is 4. The quantitative estimate of drug-likeness (QED) is 0.299. The Morgan fingerprint density at radius 1 is 1.00 bits per heavy atom. The zero-order valence-corrected chi connectivity index (χ0v) is 22.0. The van der Waals surface area contributed by atoms with Crippen molar-refractivity contribution in [3.63, 3.8) is 0 Å². The molecule has 0 heterocycles. The summed E-state index contributed by atoms with van der Waals surface area (Å²) in [6.07, 6.45) is 6.34. The van der Waals surface area contributed by atoms with Gasteiger partial charge in [0.15, 0.2) is 0 Å². The molecule has 5 nitrogen and oxygen atoms in total. The molecule has 0 spiro atoms. The van der Waals surface area contributed by atoms with Crippen LogP contribution in [0.25, 0.3) is 11.1 Å². The van der Waals surface area contributed by atoms with Gasteiger partial charge in [-0.1, -0.05) is 54.1 Å². The van der Waals surface area contributed by atoms with Gasteiger partial charge >= 0.3 is 0 Å². The maximum Gasteiger partial charge on any atom is 0.245 e. The molecule has 0 bridgehead atoms. The van der Waals surface area contributed by atoms with Crippen LogP contribution in [0.5, 0.6) is 11.5 Å². The molecule has 0 saturated carbocycles. The summed E-state index contributed by atoms with van der Waals surface area (Å²) >= 11 is 0. The molecule has 0 unspecified atom stereocenters. The van der Waals surface area contributed by atoms with Crippen molar-refractivity contribution < 1.29 is 14.6 Å². The second-order valence-corrected chi connectivity index (χ2v) is 9.63. The van der Waals surface area contributed by atoms with Crippen molar-refractivity contribution in [2.75, 3.05) is 33.8 Å². The number of nitrogens with zero attached hydrogens (tertiary/aromatic N) is 1. The summed E-state index contributed by atoms with van der Waals surface area (Å²) in [5.74, 6) is 1.11. The van der Waals surface area contributed by atoms with E-state index in [1.54, 1.807) is 31.1 Å². The van der Waals surface area contributed by atoms with Gasteiger partial charge in [0.25, 0.3) is 0 Å². The molecule has 1 aliphatic rings. The van der Waals surface area contributed by atoms with Gasteiger partial charge in [-0.3, -0.25) is 4.79 Å². The molecule has 192 valence electrons. The number of allylic oxidation sites excluding steroid dienone is 1. The van der Waals surface area contributed by atoms with Gasteiger partial charge in [-0.05, 0) is 83.9 Å². The highest BCUT2D eigenvalue weighted by Crippen LogP contribution is 2.41. The summed E-state index contributed by atoms with van der Waals surface area (Å²) in [7, 11) is 3.47. The van der Waals surface area contributed by atoms with Gasteiger partial charge in [0.2, 0.25) is 5.91 Å². The Labute approximate surface area is 220 Å². The molecule has 0 saturated heterocycles. The number of amides is 1. The lowest BCUT2D eigenvalue weighted by molar-refractivity contribution is -0.123. The zero-order chi connectivity index (χ0) is 26.2. The number of phenols is 1. The molecule has 37 heavy (non-hydrogen) atoms. The monoisotopic (exact) mass is 496 g/mol. The van der Waals surface area contributed by atoms with Gasteiger partial charge in [0, 0.05) is 33.3 Å². The number of aromatic hydroxyl groups is 1. The average molecular weight is 497 g/mol. The first-order chi connectivity index (χ1) is 17.9. The van der Waals surface area contributed by atoms with E-state index in [1.165, 1.54) is 33.4 Å². The average Bonchev–Trinajstić information content (AvgIpc) is 3.08. The van der Waals surface area contributed by atoms with E-state index >= 15 is 0 Å². The SMILES string of the molecule is Cc1ccc(C2=C(c3ccc(OCCNC/C=C/C(=O)N(C)C)cc3)c3ccc(O)cc3CCC2)cc1. The summed E-state index contributed by atoms with van der Waals surface area (Å²) in [5, 5.41) is 13.4. The number of aryl methyl sites for hydroxylation is 2. The van der Waals surface area contributed by atoms with Crippen LogP contribution in [0.4, 0.5) is 0 Å². The van der Waals surface area contributed by atoms with Crippen LogP contribution in [-0.2, 0) is 11.2 Å². The number of fused-ring (bicyclic) bond motifs is 1. The van der Waals surface area contributed by atoms with Crippen molar-refractivity contribution in [1.82, 2.24) is 10.2 Å². The third kappa shape index (κ3) is 6.89. The van der Waals surface area contributed by atoms with Crippen molar-refractivity contribution >= 4 is 17.1 Å². The molecule has 5 heteroatoms. The third-order valence-electron chi connectivity index (χ3n) is 6.59. The number of likely N-dealkylation sites (N-methyl/N-ethyl adjacent to an activating group) is 1. The second-order valence-electron chi connectivity index (χ2n) is 9.63. The first kappa shape index (κ1) is 26.2. The smallest absolute Gasteiger partial charge is 0.245 e. The highest BCUT2D eigenvalue weighted by molar-refractivity contribution is 6.00. The van der Waals surface area contributed by atoms with E-state index < -0.39 is 0 Å². The molecule has 2 N–H and O–H groups in total. The molecule has 0 atom stereocenters. The lowest BCUT2D eigenvalue weighted by Crippen LogP contribution is -2.22. The molecule has 0 aliphatic heterocycles. The maximum absolute atomic E-state index is 11.5. The Morgan fingerprint density at radius 2 is 1.73 bits per heavy atom. The minimum absolute atomic E-state index is 0.0214.